The van der Waals surface area contributed by atoms with Gasteiger partial charge in [0.2, 0.25) is 5.91 Å². The molecule has 2 heterocycles. The zero-order valence-corrected chi connectivity index (χ0v) is 19.4. The highest BCUT2D eigenvalue weighted by molar-refractivity contribution is 5.88. The molecule has 0 saturated heterocycles. The number of rotatable bonds is 5. The van der Waals surface area contributed by atoms with E-state index in [0.29, 0.717) is 25.2 Å². The molecule has 5 heteroatoms. The third kappa shape index (κ3) is 5.91. The molecule has 31 heavy (non-hydrogen) atoms. The molecule has 0 saturated carbocycles. The quantitative estimate of drug-likeness (QED) is 0.313. The van der Waals surface area contributed by atoms with Crippen molar-refractivity contribution in [3.05, 3.63) is 35.5 Å². The Morgan fingerprint density at radius 1 is 1.26 bits per heavy atom. The topological polar surface area (TPSA) is 62.4 Å². The highest BCUT2D eigenvalue weighted by Crippen LogP contribution is 2.38. The molecule has 2 aromatic rings. The van der Waals surface area contributed by atoms with Gasteiger partial charge in [-0.05, 0) is 57.6 Å². The van der Waals surface area contributed by atoms with Gasteiger partial charge in [-0.15, -0.1) is 0 Å². The summed E-state index contributed by atoms with van der Waals surface area (Å²) in [7, 11) is 0. The summed E-state index contributed by atoms with van der Waals surface area (Å²) < 4.78 is 5.18. The van der Waals surface area contributed by atoms with Crippen molar-refractivity contribution in [1.82, 2.24) is 9.88 Å². The van der Waals surface area contributed by atoms with Crippen molar-refractivity contribution < 1.29 is 14.3 Å². The minimum Gasteiger partial charge on any atom is -0.450 e. The number of nitrogens with one attached hydrogen (secondary N) is 1. The van der Waals surface area contributed by atoms with Crippen LogP contribution in [0.3, 0.4) is 0 Å². The zero-order chi connectivity index (χ0) is 22.6. The first-order valence-corrected chi connectivity index (χ1v) is 11.3. The largest absolute Gasteiger partial charge is 0.450 e. The normalized spacial score (nSPS) is 16.1. The Kier molecular flexibility index (Phi) is 7.10. The summed E-state index contributed by atoms with van der Waals surface area (Å²) in [4.78, 5) is 30.4. The molecule has 0 spiro atoms. The summed E-state index contributed by atoms with van der Waals surface area (Å²) in [5, 5.41) is 1.27. The van der Waals surface area contributed by atoms with E-state index in [1.165, 1.54) is 16.6 Å². The number of aromatic nitrogens is 1. The van der Waals surface area contributed by atoms with E-state index in [9.17, 15) is 9.59 Å². The second-order valence-corrected chi connectivity index (χ2v) is 9.70. The van der Waals surface area contributed by atoms with Gasteiger partial charge in [0.05, 0.1) is 6.04 Å². The Labute approximate surface area is 185 Å². The minimum absolute atomic E-state index is 0.0801. The van der Waals surface area contributed by atoms with Crippen molar-refractivity contribution in [2.45, 2.75) is 78.4 Å². The maximum atomic E-state index is 13.1. The summed E-state index contributed by atoms with van der Waals surface area (Å²) in [5.74, 6) is 5.48. The van der Waals surface area contributed by atoms with Crippen LogP contribution >= 0.6 is 0 Å². The number of carbonyl (C=O) groups is 2. The third-order valence-electron chi connectivity index (χ3n) is 5.46. The Morgan fingerprint density at radius 3 is 2.71 bits per heavy atom. The fourth-order valence-corrected chi connectivity index (χ4v) is 4.22. The van der Waals surface area contributed by atoms with Crippen molar-refractivity contribution in [2.75, 3.05) is 6.54 Å². The number of ether oxygens (including phenoxy) is 1. The molecule has 0 fully saturated rings. The standard InChI is InChI=1S/C26H34N2O3/c1-18(2)17-22-25-20(19-11-9-10-12-21(19)27-25)15-16-28(22)23(29)13-7-6-8-14-24(30)31-26(3,4)5/h9-12,18,22,27H,6-7,13,15-17H2,1-5H3. The van der Waals surface area contributed by atoms with Crippen LogP contribution in [0.2, 0.25) is 0 Å². The average Bonchev–Trinajstić information content (AvgIpc) is 3.05. The van der Waals surface area contributed by atoms with Crippen LogP contribution in [-0.4, -0.2) is 33.9 Å². The predicted molar refractivity (Wildman–Crippen MR) is 123 cm³/mol. The summed E-state index contributed by atoms with van der Waals surface area (Å²) in [6.45, 7) is 10.6. The number of amides is 1. The lowest BCUT2D eigenvalue weighted by atomic mass is 9.91. The van der Waals surface area contributed by atoms with Gasteiger partial charge in [-0.2, -0.15) is 0 Å². The lowest BCUT2D eigenvalue weighted by Crippen LogP contribution is -2.40. The van der Waals surface area contributed by atoms with E-state index in [0.717, 1.165) is 24.9 Å². The second kappa shape index (κ2) is 9.60. The number of para-hydroxylation sites is 1. The van der Waals surface area contributed by atoms with Crippen molar-refractivity contribution in [1.29, 1.82) is 0 Å². The van der Waals surface area contributed by atoms with Crippen LogP contribution in [0.1, 0.15) is 77.6 Å². The molecule has 0 radical (unpaired) electrons. The van der Waals surface area contributed by atoms with Gasteiger partial charge in [0, 0.05) is 41.9 Å². The molecule has 1 aliphatic heterocycles. The number of carbonyl (C=O) groups excluding carboxylic acids is 2. The number of hydrogen-bond acceptors (Lipinski definition) is 3. The van der Waals surface area contributed by atoms with Crippen LogP contribution in [0.4, 0.5) is 0 Å². The van der Waals surface area contributed by atoms with Gasteiger partial charge in [0.1, 0.15) is 5.60 Å². The monoisotopic (exact) mass is 422 g/mol. The maximum Gasteiger partial charge on any atom is 0.384 e. The molecule has 3 rings (SSSR count). The summed E-state index contributed by atoms with van der Waals surface area (Å²) in [6.07, 6.45) is 3.39. The molecule has 0 bridgehead atoms. The average molecular weight is 423 g/mol. The third-order valence-corrected chi connectivity index (χ3v) is 5.46. The van der Waals surface area contributed by atoms with E-state index >= 15 is 0 Å². The first-order valence-electron chi connectivity index (χ1n) is 11.3. The van der Waals surface area contributed by atoms with Crippen molar-refractivity contribution in [3.63, 3.8) is 0 Å². The summed E-state index contributed by atoms with van der Waals surface area (Å²) in [5.41, 5.74) is 3.16. The number of H-pyrrole nitrogens is 1. The Balaban J connectivity index is 1.64. The van der Waals surface area contributed by atoms with Gasteiger partial charge < -0.3 is 14.6 Å². The highest BCUT2D eigenvalue weighted by Gasteiger charge is 2.33. The SMILES string of the molecule is CC(C)CC1c2[nH]c3ccccc3c2CCN1C(=O)CCCC#CC(=O)OC(C)(C)C. The molecule has 1 N–H and O–H groups in total. The van der Waals surface area contributed by atoms with E-state index in [2.05, 4.69) is 48.9 Å². The molecule has 5 nitrogen and oxygen atoms in total. The Bertz CT molecular complexity index is 1000. The zero-order valence-electron chi connectivity index (χ0n) is 19.4. The number of nitrogens with zero attached hydrogens (tertiary/aromatic N) is 1. The minimum atomic E-state index is -0.539. The van der Waals surface area contributed by atoms with Crippen molar-refractivity contribution in [2.24, 2.45) is 5.92 Å². The van der Waals surface area contributed by atoms with E-state index in [-0.39, 0.29) is 11.9 Å². The number of unbranched alkanes of at least 4 members (excludes halogenated alkanes) is 1. The van der Waals surface area contributed by atoms with Gasteiger partial charge in [-0.1, -0.05) is 38.0 Å². The van der Waals surface area contributed by atoms with Gasteiger partial charge >= 0.3 is 5.97 Å². The van der Waals surface area contributed by atoms with Crippen LogP contribution in [0, 0.1) is 17.8 Å². The van der Waals surface area contributed by atoms with E-state index in [1.807, 2.05) is 31.7 Å². The number of fused-ring (bicyclic) bond motifs is 3. The van der Waals surface area contributed by atoms with E-state index < -0.39 is 11.6 Å². The summed E-state index contributed by atoms with van der Waals surface area (Å²) >= 11 is 0. The lowest BCUT2D eigenvalue weighted by molar-refractivity contribution is -0.147. The Morgan fingerprint density at radius 2 is 2.00 bits per heavy atom. The van der Waals surface area contributed by atoms with Crippen molar-refractivity contribution >= 4 is 22.8 Å². The van der Waals surface area contributed by atoms with Crippen LogP contribution in [0.5, 0.6) is 0 Å². The van der Waals surface area contributed by atoms with Crippen molar-refractivity contribution in [3.8, 4) is 11.8 Å². The van der Waals surface area contributed by atoms with Crippen LogP contribution in [0.25, 0.3) is 10.9 Å². The Hall–Kier alpha value is -2.74. The molecular weight excluding hydrogens is 388 g/mol. The predicted octanol–water partition coefficient (Wildman–Crippen LogP) is 5.16. The molecule has 1 amide bonds. The molecule has 1 atom stereocenters. The number of benzene rings is 1. The van der Waals surface area contributed by atoms with Gasteiger partial charge in [-0.25, -0.2) is 4.79 Å². The number of aromatic amines is 1. The van der Waals surface area contributed by atoms with Gasteiger partial charge in [-0.3, -0.25) is 4.79 Å². The smallest absolute Gasteiger partial charge is 0.384 e. The molecule has 1 aromatic carbocycles. The first-order chi connectivity index (χ1) is 14.7. The molecule has 1 aromatic heterocycles. The van der Waals surface area contributed by atoms with Crippen LogP contribution in [-0.2, 0) is 20.7 Å². The summed E-state index contributed by atoms with van der Waals surface area (Å²) in [6, 6.07) is 8.47. The first kappa shape index (κ1) is 22.9. The van der Waals surface area contributed by atoms with E-state index in [1.54, 1.807) is 0 Å². The second-order valence-electron chi connectivity index (χ2n) is 9.70. The number of hydrogen-bond donors (Lipinski definition) is 1. The highest BCUT2D eigenvalue weighted by atomic mass is 16.6. The molecule has 0 aliphatic carbocycles. The molecule has 1 unspecified atom stereocenters. The molecular formula is C26H34N2O3. The molecule has 1 aliphatic rings. The van der Waals surface area contributed by atoms with Crippen LogP contribution in [0.15, 0.2) is 24.3 Å². The fourth-order valence-electron chi connectivity index (χ4n) is 4.22. The van der Waals surface area contributed by atoms with Crippen LogP contribution < -0.4 is 0 Å². The maximum absolute atomic E-state index is 13.1. The molecule has 166 valence electrons. The number of esters is 1. The van der Waals surface area contributed by atoms with E-state index in [4.69, 9.17) is 4.74 Å². The fraction of sp³-hybridized carbons (Fsp3) is 0.538. The van der Waals surface area contributed by atoms with Gasteiger partial charge in [0.15, 0.2) is 0 Å². The lowest BCUT2D eigenvalue weighted by Gasteiger charge is -2.37. The van der Waals surface area contributed by atoms with Gasteiger partial charge in [0.25, 0.3) is 0 Å².